The summed E-state index contributed by atoms with van der Waals surface area (Å²) in [6, 6.07) is 19.1. The predicted molar refractivity (Wildman–Crippen MR) is 121 cm³/mol. The molecule has 4 rings (SSSR count). The summed E-state index contributed by atoms with van der Waals surface area (Å²) in [6.07, 6.45) is -0.193. The van der Waals surface area contributed by atoms with Gasteiger partial charge in [-0.25, -0.2) is 9.29 Å². The van der Waals surface area contributed by atoms with E-state index in [4.69, 9.17) is 10.00 Å². The molecular weight excluding hydrogens is 437 g/mol. The highest BCUT2D eigenvalue weighted by Gasteiger charge is 2.44. The topological polar surface area (TPSA) is 90.7 Å². The highest BCUT2D eigenvalue weighted by Crippen LogP contribution is 2.28. The molecule has 1 unspecified atom stereocenters. The molecule has 34 heavy (non-hydrogen) atoms. The Bertz CT molecular complexity index is 1270. The second kappa shape index (κ2) is 9.55. The first kappa shape index (κ1) is 22.7. The molecule has 0 saturated carbocycles. The lowest BCUT2D eigenvalue weighted by molar-refractivity contribution is -0.122. The molecule has 3 amide bonds. The van der Waals surface area contributed by atoms with Crippen molar-refractivity contribution >= 4 is 23.4 Å². The first-order valence-corrected chi connectivity index (χ1v) is 10.5. The molecule has 1 heterocycles. The standard InChI is InChI=1S/C26H20FN3O4/c1-34-22-12-6-19(7-13-22)25(32)29(16-18-2-8-20(27)9-3-18)23-14-24(31)30(26(23)33)21-10-4-17(15-28)5-11-21/h2-13,23H,14,16H2,1H3. The zero-order valence-electron chi connectivity index (χ0n) is 18.3. The van der Waals surface area contributed by atoms with Gasteiger partial charge in [-0.15, -0.1) is 0 Å². The number of anilines is 1. The molecule has 3 aromatic rings. The number of carbonyl (C=O) groups is 3. The number of benzene rings is 3. The monoisotopic (exact) mass is 457 g/mol. The minimum atomic E-state index is -1.04. The van der Waals surface area contributed by atoms with E-state index in [9.17, 15) is 18.8 Å². The molecule has 7 nitrogen and oxygen atoms in total. The Morgan fingerprint density at radius 1 is 1.06 bits per heavy atom. The van der Waals surface area contributed by atoms with Crippen LogP contribution in [0.5, 0.6) is 5.75 Å². The Labute approximate surface area is 195 Å². The number of hydrogen-bond donors (Lipinski definition) is 0. The molecule has 1 atom stereocenters. The van der Waals surface area contributed by atoms with Crippen LogP contribution in [0.25, 0.3) is 0 Å². The van der Waals surface area contributed by atoms with Crippen molar-refractivity contribution in [3.05, 3.63) is 95.3 Å². The Morgan fingerprint density at radius 2 is 1.71 bits per heavy atom. The number of amides is 3. The van der Waals surface area contributed by atoms with Crippen molar-refractivity contribution in [2.24, 2.45) is 0 Å². The van der Waals surface area contributed by atoms with Gasteiger partial charge >= 0.3 is 0 Å². The first-order chi connectivity index (χ1) is 16.4. The largest absolute Gasteiger partial charge is 0.497 e. The van der Waals surface area contributed by atoms with Crippen molar-refractivity contribution in [3.63, 3.8) is 0 Å². The van der Waals surface area contributed by atoms with Crippen LogP contribution < -0.4 is 9.64 Å². The van der Waals surface area contributed by atoms with Crippen molar-refractivity contribution in [1.29, 1.82) is 5.26 Å². The fourth-order valence-corrected chi connectivity index (χ4v) is 3.83. The van der Waals surface area contributed by atoms with Gasteiger partial charge in [0.2, 0.25) is 5.91 Å². The molecule has 1 fully saturated rings. The van der Waals surface area contributed by atoms with E-state index in [2.05, 4.69) is 0 Å². The number of nitrogens with zero attached hydrogens (tertiary/aromatic N) is 3. The lowest BCUT2D eigenvalue weighted by Crippen LogP contribution is -2.45. The van der Waals surface area contributed by atoms with Crippen molar-refractivity contribution < 1.29 is 23.5 Å². The van der Waals surface area contributed by atoms with Crippen LogP contribution in [-0.4, -0.2) is 35.8 Å². The summed E-state index contributed by atoms with van der Waals surface area (Å²) in [6.45, 7) is 0.00996. The number of methoxy groups -OCH3 is 1. The van der Waals surface area contributed by atoms with E-state index in [-0.39, 0.29) is 13.0 Å². The van der Waals surface area contributed by atoms with Crippen LogP contribution in [0.1, 0.15) is 27.9 Å². The average molecular weight is 457 g/mol. The molecule has 1 saturated heterocycles. The average Bonchev–Trinajstić information content (AvgIpc) is 3.16. The van der Waals surface area contributed by atoms with Gasteiger partial charge in [-0.05, 0) is 66.2 Å². The van der Waals surface area contributed by atoms with E-state index in [0.29, 0.717) is 28.1 Å². The number of imide groups is 1. The Hall–Kier alpha value is -4.51. The minimum Gasteiger partial charge on any atom is -0.497 e. The molecule has 0 bridgehead atoms. The maximum Gasteiger partial charge on any atom is 0.257 e. The lowest BCUT2D eigenvalue weighted by Gasteiger charge is -2.28. The van der Waals surface area contributed by atoms with Gasteiger partial charge in [0.25, 0.3) is 11.8 Å². The van der Waals surface area contributed by atoms with Gasteiger partial charge in [0.05, 0.1) is 30.9 Å². The predicted octanol–water partition coefficient (Wildman–Crippen LogP) is 3.68. The minimum absolute atomic E-state index is 0.00996. The molecule has 0 N–H and O–H groups in total. The summed E-state index contributed by atoms with van der Waals surface area (Å²) in [4.78, 5) is 42.0. The summed E-state index contributed by atoms with van der Waals surface area (Å²) in [5.74, 6) is -1.29. The molecule has 0 spiro atoms. The SMILES string of the molecule is COc1ccc(C(=O)N(Cc2ccc(F)cc2)C2CC(=O)N(c3ccc(C#N)cc3)C2=O)cc1. The van der Waals surface area contributed by atoms with Gasteiger partial charge in [0.1, 0.15) is 17.6 Å². The molecule has 8 heteroatoms. The van der Waals surface area contributed by atoms with Crippen molar-refractivity contribution in [2.45, 2.75) is 19.0 Å². The van der Waals surface area contributed by atoms with Crippen molar-refractivity contribution in [1.82, 2.24) is 4.90 Å². The second-order valence-electron chi connectivity index (χ2n) is 7.73. The van der Waals surface area contributed by atoms with Crippen molar-refractivity contribution in [3.8, 4) is 11.8 Å². The number of carbonyl (C=O) groups excluding carboxylic acids is 3. The third-order valence-electron chi connectivity index (χ3n) is 5.62. The summed E-state index contributed by atoms with van der Waals surface area (Å²) < 4.78 is 18.5. The fraction of sp³-hybridized carbons (Fsp3) is 0.154. The maximum atomic E-state index is 13.5. The van der Waals surface area contributed by atoms with Gasteiger partial charge in [0.15, 0.2) is 0 Å². The van der Waals surface area contributed by atoms with E-state index in [1.165, 1.54) is 60.5 Å². The van der Waals surface area contributed by atoms with E-state index < -0.39 is 29.6 Å². The van der Waals surface area contributed by atoms with Gasteiger partial charge in [-0.2, -0.15) is 5.26 Å². The van der Waals surface area contributed by atoms with Crippen LogP contribution in [0.15, 0.2) is 72.8 Å². The zero-order valence-corrected chi connectivity index (χ0v) is 18.3. The Kier molecular flexibility index (Phi) is 6.37. The molecule has 0 aromatic heterocycles. The van der Waals surface area contributed by atoms with E-state index in [1.54, 1.807) is 24.3 Å². The molecule has 170 valence electrons. The summed E-state index contributed by atoms with van der Waals surface area (Å²) in [5, 5.41) is 9.00. The third-order valence-corrected chi connectivity index (χ3v) is 5.62. The number of nitriles is 1. The van der Waals surface area contributed by atoms with Crippen LogP contribution in [0.3, 0.4) is 0 Å². The van der Waals surface area contributed by atoms with Gasteiger partial charge < -0.3 is 9.64 Å². The normalized spacial score (nSPS) is 15.2. The van der Waals surface area contributed by atoms with E-state index in [0.717, 1.165) is 4.90 Å². The number of ether oxygens (including phenoxy) is 1. The first-order valence-electron chi connectivity index (χ1n) is 10.5. The van der Waals surface area contributed by atoms with Gasteiger partial charge in [-0.1, -0.05) is 12.1 Å². The van der Waals surface area contributed by atoms with E-state index in [1.807, 2.05) is 6.07 Å². The van der Waals surface area contributed by atoms with Crippen molar-refractivity contribution in [2.75, 3.05) is 12.0 Å². The molecular formula is C26H20FN3O4. The summed E-state index contributed by atoms with van der Waals surface area (Å²) in [7, 11) is 1.51. The Balaban J connectivity index is 1.67. The number of halogens is 1. The molecule has 1 aliphatic heterocycles. The highest BCUT2D eigenvalue weighted by molar-refractivity contribution is 6.23. The van der Waals surface area contributed by atoms with Crippen LogP contribution in [0.4, 0.5) is 10.1 Å². The summed E-state index contributed by atoms with van der Waals surface area (Å²) >= 11 is 0. The van der Waals surface area contributed by atoms with Gasteiger partial charge in [-0.3, -0.25) is 14.4 Å². The molecule has 0 aliphatic carbocycles. The Morgan fingerprint density at radius 3 is 2.29 bits per heavy atom. The van der Waals surface area contributed by atoms with Crippen LogP contribution in [-0.2, 0) is 16.1 Å². The lowest BCUT2D eigenvalue weighted by atomic mass is 10.1. The van der Waals surface area contributed by atoms with Gasteiger partial charge in [0, 0.05) is 12.1 Å². The smallest absolute Gasteiger partial charge is 0.257 e. The molecule has 1 aliphatic rings. The van der Waals surface area contributed by atoms with Crippen LogP contribution in [0, 0.1) is 17.1 Å². The zero-order chi connectivity index (χ0) is 24.2. The second-order valence-corrected chi connectivity index (χ2v) is 7.73. The number of rotatable bonds is 6. The molecule has 3 aromatic carbocycles. The number of hydrogen-bond acceptors (Lipinski definition) is 5. The van der Waals surface area contributed by atoms with Crippen LogP contribution in [0.2, 0.25) is 0 Å². The quantitative estimate of drug-likeness (QED) is 0.527. The van der Waals surface area contributed by atoms with E-state index >= 15 is 0 Å². The molecule has 0 radical (unpaired) electrons. The fourth-order valence-electron chi connectivity index (χ4n) is 3.83. The van der Waals surface area contributed by atoms with Crippen LogP contribution >= 0.6 is 0 Å². The summed E-state index contributed by atoms with van der Waals surface area (Å²) in [5.41, 5.74) is 1.66. The highest BCUT2D eigenvalue weighted by atomic mass is 19.1. The maximum absolute atomic E-state index is 13.5. The third kappa shape index (κ3) is 4.50.